The van der Waals surface area contributed by atoms with E-state index in [4.69, 9.17) is 11.6 Å². The molecule has 0 bridgehead atoms. The van der Waals surface area contributed by atoms with Crippen molar-refractivity contribution in [2.75, 3.05) is 6.54 Å². The maximum atomic E-state index is 6.11. The van der Waals surface area contributed by atoms with Crippen LogP contribution in [0.15, 0.2) is 42.5 Å². The van der Waals surface area contributed by atoms with Gasteiger partial charge in [0.2, 0.25) is 0 Å². The molecule has 2 aromatic rings. The van der Waals surface area contributed by atoms with Gasteiger partial charge in [-0.1, -0.05) is 54.4 Å². The standard InChI is InChI=1S/C17H20ClN/c1-3-10-19-12-15-11-16(18)8-9-17(15)14-6-4-13(2)5-7-14/h4-9,11,19H,3,10,12H2,1-2H3. The van der Waals surface area contributed by atoms with Crippen LogP contribution in [0.5, 0.6) is 0 Å². The maximum Gasteiger partial charge on any atom is 0.0409 e. The zero-order valence-corrected chi connectivity index (χ0v) is 12.3. The third-order valence-corrected chi connectivity index (χ3v) is 3.41. The van der Waals surface area contributed by atoms with Crippen LogP contribution in [0.4, 0.5) is 0 Å². The second-order valence-corrected chi connectivity index (χ2v) is 5.28. The van der Waals surface area contributed by atoms with Crippen molar-refractivity contribution >= 4 is 11.6 Å². The lowest BCUT2D eigenvalue weighted by Gasteiger charge is -2.11. The highest BCUT2D eigenvalue weighted by molar-refractivity contribution is 6.30. The molecule has 2 heteroatoms. The fourth-order valence-corrected chi connectivity index (χ4v) is 2.32. The molecule has 0 spiro atoms. The molecule has 2 aromatic carbocycles. The molecule has 100 valence electrons. The van der Waals surface area contributed by atoms with Crippen LogP contribution in [-0.2, 0) is 6.54 Å². The topological polar surface area (TPSA) is 12.0 Å². The van der Waals surface area contributed by atoms with Crippen LogP contribution in [0.3, 0.4) is 0 Å². The van der Waals surface area contributed by atoms with Crippen LogP contribution in [0.25, 0.3) is 11.1 Å². The fraction of sp³-hybridized carbons (Fsp3) is 0.294. The highest BCUT2D eigenvalue weighted by atomic mass is 35.5. The van der Waals surface area contributed by atoms with Gasteiger partial charge in [-0.3, -0.25) is 0 Å². The Morgan fingerprint density at radius 1 is 1.05 bits per heavy atom. The summed E-state index contributed by atoms with van der Waals surface area (Å²) in [6.07, 6.45) is 1.14. The van der Waals surface area contributed by atoms with E-state index in [0.717, 1.165) is 24.5 Å². The Morgan fingerprint density at radius 3 is 2.47 bits per heavy atom. The van der Waals surface area contributed by atoms with E-state index in [0.29, 0.717) is 0 Å². The lowest BCUT2D eigenvalue weighted by Crippen LogP contribution is -2.14. The van der Waals surface area contributed by atoms with Gasteiger partial charge in [-0.15, -0.1) is 0 Å². The Kier molecular flexibility index (Phi) is 5.00. The molecule has 0 saturated heterocycles. The van der Waals surface area contributed by atoms with Gasteiger partial charge >= 0.3 is 0 Å². The number of hydrogen-bond donors (Lipinski definition) is 1. The van der Waals surface area contributed by atoms with Crippen molar-refractivity contribution in [2.24, 2.45) is 0 Å². The molecule has 0 aliphatic carbocycles. The van der Waals surface area contributed by atoms with E-state index in [1.165, 1.54) is 22.3 Å². The zero-order valence-electron chi connectivity index (χ0n) is 11.5. The van der Waals surface area contributed by atoms with Gasteiger partial charge < -0.3 is 5.32 Å². The predicted molar refractivity (Wildman–Crippen MR) is 83.6 cm³/mol. The highest BCUT2D eigenvalue weighted by Crippen LogP contribution is 2.26. The van der Waals surface area contributed by atoms with Crippen LogP contribution < -0.4 is 5.32 Å². The minimum absolute atomic E-state index is 0.796. The summed E-state index contributed by atoms with van der Waals surface area (Å²) in [4.78, 5) is 0. The summed E-state index contributed by atoms with van der Waals surface area (Å²) in [7, 11) is 0. The Balaban J connectivity index is 2.30. The molecule has 1 N–H and O–H groups in total. The average Bonchev–Trinajstić information content (AvgIpc) is 2.41. The van der Waals surface area contributed by atoms with Gasteiger partial charge in [0.25, 0.3) is 0 Å². The molecular formula is C17H20ClN. The smallest absolute Gasteiger partial charge is 0.0409 e. The van der Waals surface area contributed by atoms with Crippen LogP contribution in [0.1, 0.15) is 24.5 Å². The number of aryl methyl sites for hydroxylation is 1. The number of hydrogen-bond acceptors (Lipinski definition) is 1. The molecule has 0 atom stereocenters. The molecule has 0 saturated carbocycles. The summed E-state index contributed by atoms with van der Waals surface area (Å²) in [5.74, 6) is 0. The Bertz CT molecular complexity index is 531. The zero-order chi connectivity index (χ0) is 13.7. The molecule has 0 aliphatic rings. The largest absolute Gasteiger partial charge is 0.313 e. The molecule has 1 nitrogen and oxygen atoms in total. The number of benzene rings is 2. The summed E-state index contributed by atoms with van der Waals surface area (Å²) < 4.78 is 0. The molecule has 0 heterocycles. The number of nitrogens with one attached hydrogen (secondary N) is 1. The highest BCUT2D eigenvalue weighted by Gasteiger charge is 2.05. The molecule has 19 heavy (non-hydrogen) atoms. The van der Waals surface area contributed by atoms with Gasteiger partial charge in [0.1, 0.15) is 0 Å². The van der Waals surface area contributed by atoms with Gasteiger partial charge in [-0.25, -0.2) is 0 Å². The Labute approximate surface area is 120 Å². The van der Waals surface area contributed by atoms with Crippen molar-refractivity contribution in [3.63, 3.8) is 0 Å². The first-order valence-corrected chi connectivity index (χ1v) is 7.14. The van der Waals surface area contributed by atoms with Crippen molar-refractivity contribution < 1.29 is 0 Å². The first-order valence-electron chi connectivity index (χ1n) is 6.77. The van der Waals surface area contributed by atoms with E-state index in [1.54, 1.807) is 0 Å². The predicted octanol–water partition coefficient (Wildman–Crippen LogP) is 4.82. The molecule has 0 fully saturated rings. The van der Waals surface area contributed by atoms with Gasteiger partial charge in [0.05, 0.1) is 0 Å². The Morgan fingerprint density at radius 2 is 1.79 bits per heavy atom. The van der Waals surface area contributed by atoms with Crippen LogP contribution in [0.2, 0.25) is 5.02 Å². The van der Waals surface area contributed by atoms with E-state index in [9.17, 15) is 0 Å². The van der Waals surface area contributed by atoms with E-state index in [1.807, 2.05) is 6.07 Å². The quantitative estimate of drug-likeness (QED) is 0.771. The minimum atomic E-state index is 0.796. The normalized spacial score (nSPS) is 10.7. The van der Waals surface area contributed by atoms with E-state index >= 15 is 0 Å². The maximum absolute atomic E-state index is 6.11. The lowest BCUT2D eigenvalue weighted by atomic mass is 9.99. The van der Waals surface area contributed by atoms with Crippen molar-refractivity contribution in [1.82, 2.24) is 5.32 Å². The summed E-state index contributed by atoms with van der Waals surface area (Å²) in [5.41, 5.74) is 5.04. The molecule has 0 aliphatic heterocycles. The van der Waals surface area contributed by atoms with Crippen LogP contribution in [0, 0.1) is 6.92 Å². The molecule has 0 aromatic heterocycles. The Hall–Kier alpha value is -1.31. The first-order chi connectivity index (χ1) is 9.20. The number of halogens is 1. The summed E-state index contributed by atoms with van der Waals surface area (Å²) in [6.45, 7) is 6.17. The van der Waals surface area contributed by atoms with Gasteiger partial charge in [0.15, 0.2) is 0 Å². The van der Waals surface area contributed by atoms with Crippen molar-refractivity contribution in [3.05, 3.63) is 58.6 Å². The second-order valence-electron chi connectivity index (χ2n) is 4.84. The van der Waals surface area contributed by atoms with Crippen molar-refractivity contribution in [3.8, 4) is 11.1 Å². The fourth-order valence-electron chi connectivity index (χ4n) is 2.12. The number of rotatable bonds is 5. The monoisotopic (exact) mass is 273 g/mol. The van der Waals surface area contributed by atoms with E-state index < -0.39 is 0 Å². The van der Waals surface area contributed by atoms with Gasteiger partial charge in [-0.05, 0) is 48.7 Å². The third-order valence-electron chi connectivity index (χ3n) is 3.17. The lowest BCUT2D eigenvalue weighted by molar-refractivity contribution is 0.676. The summed E-state index contributed by atoms with van der Waals surface area (Å²) in [5, 5.41) is 4.24. The minimum Gasteiger partial charge on any atom is -0.313 e. The van der Waals surface area contributed by atoms with Crippen LogP contribution in [-0.4, -0.2) is 6.54 Å². The van der Waals surface area contributed by atoms with Gasteiger partial charge in [0, 0.05) is 11.6 Å². The van der Waals surface area contributed by atoms with E-state index in [2.05, 4.69) is 55.6 Å². The SMILES string of the molecule is CCCNCc1cc(Cl)ccc1-c1ccc(C)cc1. The summed E-state index contributed by atoms with van der Waals surface area (Å²) >= 11 is 6.11. The first kappa shape index (κ1) is 14.1. The van der Waals surface area contributed by atoms with Crippen molar-refractivity contribution in [1.29, 1.82) is 0 Å². The third kappa shape index (κ3) is 3.82. The molecule has 0 unspecified atom stereocenters. The van der Waals surface area contributed by atoms with E-state index in [-0.39, 0.29) is 0 Å². The molecule has 0 amide bonds. The second kappa shape index (κ2) is 6.74. The summed E-state index contributed by atoms with van der Waals surface area (Å²) in [6, 6.07) is 14.7. The average molecular weight is 274 g/mol. The molecule has 2 rings (SSSR count). The van der Waals surface area contributed by atoms with Gasteiger partial charge in [-0.2, -0.15) is 0 Å². The van der Waals surface area contributed by atoms with Crippen molar-refractivity contribution in [2.45, 2.75) is 26.8 Å². The molecule has 0 radical (unpaired) electrons. The molecular weight excluding hydrogens is 254 g/mol. The van der Waals surface area contributed by atoms with Crippen LogP contribution >= 0.6 is 11.6 Å².